The molecule has 1 aliphatic heterocycles. The summed E-state index contributed by atoms with van der Waals surface area (Å²) >= 11 is 0. The lowest BCUT2D eigenvalue weighted by molar-refractivity contribution is 0.413. The third-order valence-electron chi connectivity index (χ3n) is 4.20. The number of hydrogen-bond donors (Lipinski definition) is 0. The molecule has 0 fully saturated rings. The number of rotatable bonds is 1. The largest absolute Gasteiger partial charge is 0.461 e. The minimum absolute atomic E-state index is 0.952. The molecule has 1 aliphatic rings. The standard InChI is InChI=1S/C17H23NO/c1-9-10(2)15-11(3)12(4)16(18(7)8)13(5)17(15)19-14(9)6/h2H2,1,3-8H3. The molecule has 0 atom stereocenters. The van der Waals surface area contributed by atoms with Crippen LogP contribution in [0.5, 0.6) is 5.75 Å². The van der Waals surface area contributed by atoms with Crippen molar-refractivity contribution in [2.75, 3.05) is 19.0 Å². The molecule has 1 aromatic carbocycles. The van der Waals surface area contributed by atoms with Crippen LogP contribution in [-0.2, 0) is 0 Å². The Balaban J connectivity index is 2.83. The maximum atomic E-state index is 6.06. The highest BCUT2D eigenvalue weighted by molar-refractivity contribution is 5.88. The van der Waals surface area contributed by atoms with E-state index in [0.717, 1.165) is 22.7 Å². The van der Waals surface area contributed by atoms with E-state index in [4.69, 9.17) is 4.74 Å². The minimum atomic E-state index is 0.952. The van der Waals surface area contributed by atoms with Crippen molar-refractivity contribution in [2.45, 2.75) is 34.6 Å². The number of fused-ring (bicyclic) bond motifs is 1. The summed E-state index contributed by atoms with van der Waals surface area (Å²) in [6.07, 6.45) is 0. The Bertz CT molecular complexity index is 606. The Morgan fingerprint density at radius 2 is 1.47 bits per heavy atom. The third kappa shape index (κ3) is 1.86. The number of anilines is 1. The van der Waals surface area contributed by atoms with Crippen molar-refractivity contribution in [1.29, 1.82) is 0 Å². The Labute approximate surface area is 116 Å². The molecule has 102 valence electrons. The van der Waals surface area contributed by atoms with Gasteiger partial charge in [-0.15, -0.1) is 0 Å². The van der Waals surface area contributed by atoms with Crippen molar-refractivity contribution in [3.05, 3.63) is 40.2 Å². The second-order valence-electron chi connectivity index (χ2n) is 5.58. The summed E-state index contributed by atoms with van der Waals surface area (Å²) in [7, 11) is 4.15. The highest BCUT2D eigenvalue weighted by atomic mass is 16.5. The van der Waals surface area contributed by atoms with Crippen LogP contribution in [0.3, 0.4) is 0 Å². The fraction of sp³-hybridized carbons (Fsp3) is 0.412. The van der Waals surface area contributed by atoms with Gasteiger partial charge in [-0.05, 0) is 56.9 Å². The first-order valence-electron chi connectivity index (χ1n) is 6.63. The predicted octanol–water partition coefficient (Wildman–Crippen LogP) is 4.38. The molecule has 1 heterocycles. The van der Waals surface area contributed by atoms with E-state index >= 15 is 0 Å². The number of ether oxygens (including phenoxy) is 1. The van der Waals surface area contributed by atoms with Gasteiger partial charge in [-0.1, -0.05) is 6.58 Å². The first-order chi connectivity index (χ1) is 8.77. The number of benzene rings is 1. The van der Waals surface area contributed by atoms with Crippen molar-refractivity contribution in [3.8, 4) is 5.75 Å². The molecule has 0 amide bonds. The van der Waals surface area contributed by atoms with Gasteiger partial charge in [0.2, 0.25) is 0 Å². The maximum absolute atomic E-state index is 6.06. The zero-order valence-corrected chi connectivity index (χ0v) is 13.1. The summed E-state index contributed by atoms with van der Waals surface area (Å²) in [5.41, 5.74) is 8.41. The van der Waals surface area contributed by atoms with Gasteiger partial charge >= 0.3 is 0 Å². The number of hydrogen-bond acceptors (Lipinski definition) is 2. The molecule has 0 aromatic heterocycles. The van der Waals surface area contributed by atoms with Crippen LogP contribution in [0.4, 0.5) is 5.69 Å². The van der Waals surface area contributed by atoms with Crippen molar-refractivity contribution in [1.82, 2.24) is 0 Å². The van der Waals surface area contributed by atoms with E-state index in [1.54, 1.807) is 0 Å². The van der Waals surface area contributed by atoms with Gasteiger partial charge in [0.25, 0.3) is 0 Å². The normalized spacial score (nSPS) is 14.4. The van der Waals surface area contributed by atoms with Gasteiger partial charge in [0, 0.05) is 30.9 Å². The molecule has 2 heteroatoms. The lowest BCUT2D eigenvalue weighted by Gasteiger charge is -2.30. The molecular formula is C17H23NO. The smallest absolute Gasteiger partial charge is 0.139 e. The summed E-state index contributed by atoms with van der Waals surface area (Å²) in [5, 5.41) is 0. The van der Waals surface area contributed by atoms with Crippen LogP contribution in [0.1, 0.15) is 36.1 Å². The van der Waals surface area contributed by atoms with Gasteiger partial charge in [0.05, 0.1) is 0 Å². The molecule has 0 unspecified atom stereocenters. The van der Waals surface area contributed by atoms with E-state index in [-0.39, 0.29) is 0 Å². The van der Waals surface area contributed by atoms with Gasteiger partial charge in [-0.2, -0.15) is 0 Å². The Kier molecular flexibility index (Phi) is 3.21. The molecule has 2 nitrogen and oxygen atoms in total. The maximum Gasteiger partial charge on any atom is 0.139 e. The average molecular weight is 257 g/mol. The van der Waals surface area contributed by atoms with Gasteiger partial charge in [0.1, 0.15) is 11.5 Å². The number of allylic oxidation sites excluding steroid dienone is 3. The highest BCUT2D eigenvalue weighted by Crippen LogP contribution is 2.46. The highest BCUT2D eigenvalue weighted by Gasteiger charge is 2.26. The van der Waals surface area contributed by atoms with Crippen molar-refractivity contribution in [2.24, 2.45) is 0 Å². The summed E-state index contributed by atoms with van der Waals surface area (Å²) in [6, 6.07) is 0. The van der Waals surface area contributed by atoms with Gasteiger partial charge in [-0.3, -0.25) is 0 Å². The van der Waals surface area contributed by atoms with Crippen molar-refractivity contribution < 1.29 is 4.74 Å². The van der Waals surface area contributed by atoms with Crippen LogP contribution in [0.25, 0.3) is 5.57 Å². The summed E-state index contributed by atoms with van der Waals surface area (Å²) in [6.45, 7) is 14.8. The number of nitrogens with zero attached hydrogens (tertiary/aromatic N) is 1. The Morgan fingerprint density at radius 1 is 0.895 bits per heavy atom. The third-order valence-corrected chi connectivity index (χ3v) is 4.20. The first kappa shape index (κ1) is 13.7. The first-order valence-corrected chi connectivity index (χ1v) is 6.63. The van der Waals surface area contributed by atoms with Gasteiger partial charge in [-0.25, -0.2) is 0 Å². The zero-order chi connectivity index (χ0) is 14.5. The molecule has 0 spiro atoms. The summed E-state index contributed by atoms with van der Waals surface area (Å²) < 4.78 is 6.06. The van der Waals surface area contributed by atoms with Crippen LogP contribution in [0.15, 0.2) is 17.9 Å². The lowest BCUT2D eigenvalue weighted by Crippen LogP contribution is -2.17. The van der Waals surface area contributed by atoms with E-state index in [1.165, 1.54) is 27.9 Å². The molecule has 0 saturated heterocycles. The van der Waals surface area contributed by atoms with E-state index in [1.807, 2.05) is 6.92 Å². The second kappa shape index (κ2) is 4.44. The van der Waals surface area contributed by atoms with E-state index in [0.29, 0.717) is 0 Å². The molecule has 1 aromatic rings. The Morgan fingerprint density at radius 3 is 2.00 bits per heavy atom. The van der Waals surface area contributed by atoms with E-state index in [2.05, 4.69) is 53.3 Å². The summed E-state index contributed by atoms with van der Waals surface area (Å²) in [5.74, 6) is 1.92. The fourth-order valence-corrected chi connectivity index (χ4v) is 2.90. The van der Waals surface area contributed by atoms with Crippen LogP contribution in [-0.4, -0.2) is 14.1 Å². The predicted molar refractivity (Wildman–Crippen MR) is 83.0 cm³/mol. The zero-order valence-electron chi connectivity index (χ0n) is 13.1. The van der Waals surface area contributed by atoms with Gasteiger partial charge < -0.3 is 9.64 Å². The minimum Gasteiger partial charge on any atom is -0.461 e. The van der Waals surface area contributed by atoms with Crippen molar-refractivity contribution >= 4 is 11.3 Å². The quantitative estimate of drug-likeness (QED) is 0.740. The average Bonchev–Trinajstić information content (AvgIpc) is 2.32. The van der Waals surface area contributed by atoms with Crippen LogP contribution in [0.2, 0.25) is 0 Å². The molecule has 0 N–H and O–H groups in total. The molecule has 2 rings (SSSR count). The topological polar surface area (TPSA) is 12.5 Å². The molecular weight excluding hydrogens is 234 g/mol. The van der Waals surface area contributed by atoms with Crippen LogP contribution < -0.4 is 9.64 Å². The molecule has 0 bridgehead atoms. The van der Waals surface area contributed by atoms with Gasteiger partial charge in [0.15, 0.2) is 0 Å². The molecule has 0 radical (unpaired) electrons. The summed E-state index contributed by atoms with van der Waals surface area (Å²) in [4.78, 5) is 2.16. The molecule has 0 saturated carbocycles. The SMILES string of the molecule is C=C1C(C)=C(C)Oc2c(C)c(N(C)C)c(C)c(C)c21. The second-order valence-corrected chi connectivity index (χ2v) is 5.58. The van der Waals surface area contributed by atoms with E-state index in [9.17, 15) is 0 Å². The monoisotopic (exact) mass is 257 g/mol. The van der Waals surface area contributed by atoms with Crippen molar-refractivity contribution in [3.63, 3.8) is 0 Å². The van der Waals surface area contributed by atoms with Crippen LogP contribution in [0, 0.1) is 20.8 Å². The van der Waals surface area contributed by atoms with Crippen LogP contribution >= 0.6 is 0 Å². The molecule has 19 heavy (non-hydrogen) atoms. The Hall–Kier alpha value is -1.70. The fourth-order valence-electron chi connectivity index (χ4n) is 2.90. The van der Waals surface area contributed by atoms with E-state index < -0.39 is 0 Å². The molecule has 0 aliphatic carbocycles. The lowest BCUT2D eigenvalue weighted by atomic mass is 9.87.